The zero-order valence-electron chi connectivity index (χ0n) is 18.8. The van der Waals surface area contributed by atoms with Gasteiger partial charge < -0.3 is 9.47 Å². The highest BCUT2D eigenvalue weighted by Crippen LogP contribution is 2.54. The Morgan fingerprint density at radius 2 is 2.21 bits per heavy atom. The largest absolute Gasteiger partial charge is 0.465 e. The average Bonchev–Trinajstić information content (AvgIpc) is 3.02. The molecule has 4 heterocycles. The number of hydrogen-bond donors (Lipinski definition) is 0. The van der Waals surface area contributed by atoms with Crippen molar-refractivity contribution in [1.29, 1.82) is 0 Å². The lowest BCUT2D eigenvalue weighted by atomic mass is 9.87. The summed E-state index contributed by atoms with van der Waals surface area (Å²) < 4.78 is 41.7. The molecule has 0 aliphatic carbocycles. The lowest BCUT2D eigenvalue weighted by Gasteiger charge is -2.47. The fraction of sp³-hybridized carbons (Fsp3) is 0.417. The number of sulfonamides is 1. The summed E-state index contributed by atoms with van der Waals surface area (Å²) in [5.41, 5.74) is 0.0661. The number of pyridine rings is 1. The molecule has 1 aromatic heterocycles. The van der Waals surface area contributed by atoms with Crippen molar-refractivity contribution in [1.82, 2.24) is 14.2 Å². The number of hydrogen-bond acceptors (Lipinski definition) is 7. The van der Waals surface area contributed by atoms with Crippen molar-refractivity contribution >= 4 is 31.9 Å². The quantitative estimate of drug-likeness (QED) is 0.403. The molecular formula is C24H26BrN3O5S. The zero-order chi connectivity index (χ0) is 24.1. The molecule has 4 atom stereocenters. The molecule has 1 aromatic carbocycles. The maximum absolute atomic E-state index is 14.1. The minimum absolute atomic E-state index is 0.0313. The summed E-state index contributed by atoms with van der Waals surface area (Å²) in [5, 5.41) is 0. The van der Waals surface area contributed by atoms with E-state index in [2.05, 4.69) is 32.4 Å². The number of carbonyl (C=O) groups is 1. The molecule has 0 N–H and O–H groups in total. The third-order valence-electron chi connectivity index (χ3n) is 6.96. The molecule has 8 nitrogen and oxygen atoms in total. The summed E-state index contributed by atoms with van der Waals surface area (Å²) >= 11 is 3.35. The predicted octanol–water partition coefficient (Wildman–Crippen LogP) is 3.54. The van der Waals surface area contributed by atoms with Gasteiger partial charge in [0.05, 0.1) is 29.3 Å². The monoisotopic (exact) mass is 547 g/mol. The highest BCUT2D eigenvalue weighted by molar-refractivity contribution is 9.10. The van der Waals surface area contributed by atoms with Crippen LogP contribution in [0.5, 0.6) is 0 Å². The van der Waals surface area contributed by atoms with Gasteiger partial charge in [-0.3, -0.25) is 9.88 Å². The number of halogens is 1. The SMILES string of the molecule is C=C[C@@H]1CN(Cc2ccccn2)C2O[C@]13CCC[C@@H]2N3S(=O)(=O)c1cc(Br)cc(C(=O)OC)c1. The molecule has 1 unspecified atom stereocenters. The minimum atomic E-state index is -4.01. The molecule has 3 bridgehead atoms. The molecule has 0 amide bonds. The van der Waals surface area contributed by atoms with Crippen molar-refractivity contribution in [3.63, 3.8) is 0 Å². The highest BCUT2D eigenvalue weighted by atomic mass is 79.9. The van der Waals surface area contributed by atoms with Crippen molar-refractivity contribution in [3.05, 3.63) is 71.0 Å². The van der Waals surface area contributed by atoms with Crippen molar-refractivity contribution < 1.29 is 22.7 Å². The van der Waals surface area contributed by atoms with Crippen molar-refractivity contribution in [2.45, 2.75) is 48.7 Å². The van der Waals surface area contributed by atoms with Gasteiger partial charge in [-0.1, -0.05) is 28.1 Å². The molecule has 180 valence electrons. The van der Waals surface area contributed by atoms with Gasteiger partial charge in [0.15, 0.2) is 0 Å². The van der Waals surface area contributed by atoms with E-state index in [0.29, 0.717) is 30.4 Å². The first kappa shape index (κ1) is 23.6. The number of esters is 1. The second kappa shape index (κ2) is 8.83. The number of carbonyl (C=O) groups excluding carboxylic acids is 1. The third kappa shape index (κ3) is 3.72. The predicted molar refractivity (Wildman–Crippen MR) is 128 cm³/mol. The number of piperidine rings is 1. The van der Waals surface area contributed by atoms with E-state index in [1.165, 1.54) is 19.2 Å². The number of nitrogens with zero attached hydrogens (tertiary/aromatic N) is 3. The number of rotatable bonds is 6. The first-order chi connectivity index (χ1) is 16.3. The lowest BCUT2D eigenvalue weighted by molar-refractivity contribution is -0.193. The van der Waals surface area contributed by atoms with E-state index < -0.39 is 21.7 Å². The molecule has 3 aliphatic rings. The molecule has 3 saturated heterocycles. The van der Waals surface area contributed by atoms with Gasteiger partial charge in [-0.15, -0.1) is 6.58 Å². The number of ether oxygens (including phenoxy) is 2. The van der Waals surface area contributed by atoms with Gasteiger partial charge in [0.1, 0.15) is 12.0 Å². The summed E-state index contributed by atoms with van der Waals surface area (Å²) in [6.45, 7) is 5.20. The van der Waals surface area contributed by atoms with Gasteiger partial charge in [0, 0.05) is 29.7 Å². The second-order valence-corrected chi connectivity index (χ2v) is 11.6. The van der Waals surface area contributed by atoms with Crippen LogP contribution >= 0.6 is 15.9 Å². The normalized spacial score (nSPS) is 29.1. The van der Waals surface area contributed by atoms with Crippen LogP contribution in [-0.4, -0.2) is 60.2 Å². The summed E-state index contributed by atoms with van der Waals surface area (Å²) in [7, 11) is -2.74. The van der Waals surface area contributed by atoms with Crippen LogP contribution in [-0.2, 0) is 26.0 Å². The van der Waals surface area contributed by atoms with Gasteiger partial charge in [-0.25, -0.2) is 13.2 Å². The maximum atomic E-state index is 14.1. The van der Waals surface area contributed by atoms with E-state index in [9.17, 15) is 13.2 Å². The van der Waals surface area contributed by atoms with E-state index in [1.54, 1.807) is 22.6 Å². The molecule has 34 heavy (non-hydrogen) atoms. The van der Waals surface area contributed by atoms with Gasteiger partial charge in [-0.05, 0) is 49.6 Å². The van der Waals surface area contributed by atoms with Gasteiger partial charge in [-0.2, -0.15) is 4.31 Å². The molecule has 1 spiro atoms. The van der Waals surface area contributed by atoms with E-state index in [-0.39, 0.29) is 28.6 Å². The fourth-order valence-corrected chi connectivity index (χ4v) is 8.20. The average molecular weight is 548 g/mol. The minimum Gasteiger partial charge on any atom is -0.465 e. The summed E-state index contributed by atoms with van der Waals surface area (Å²) in [6.07, 6.45) is 5.31. The molecule has 0 radical (unpaired) electrons. The molecule has 5 rings (SSSR count). The number of aromatic nitrogens is 1. The Balaban J connectivity index is 1.57. The summed E-state index contributed by atoms with van der Waals surface area (Å²) in [6, 6.07) is 9.85. The Kier molecular flexibility index (Phi) is 6.14. The van der Waals surface area contributed by atoms with Crippen LogP contribution < -0.4 is 0 Å². The Morgan fingerprint density at radius 3 is 2.91 bits per heavy atom. The van der Waals surface area contributed by atoms with E-state index >= 15 is 0 Å². The topological polar surface area (TPSA) is 89.0 Å². The number of benzene rings is 1. The third-order valence-corrected chi connectivity index (χ3v) is 9.35. The van der Waals surface area contributed by atoms with Gasteiger partial charge in [0.2, 0.25) is 10.0 Å². The first-order valence-corrected chi connectivity index (χ1v) is 13.4. The zero-order valence-corrected chi connectivity index (χ0v) is 21.2. The van der Waals surface area contributed by atoms with Crippen LogP contribution in [0.25, 0.3) is 0 Å². The first-order valence-electron chi connectivity index (χ1n) is 11.2. The molecule has 2 aromatic rings. The van der Waals surface area contributed by atoms with Gasteiger partial charge in [0.25, 0.3) is 0 Å². The Morgan fingerprint density at radius 1 is 1.38 bits per heavy atom. The highest BCUT2D eigenvalue weighted by Gasteiger charge is 2.66. The number of methoxy groups -OCH3 is 1. The van der Waals surface area contributed by atoms with Gasteiger partial charge >= 0.3 is 5.97 Å². The maximum Gasteiger partial charge on any atom is 0.337 e. The van der Waals surface area contributed by atoms with E-state index in [1.807, 2.05) is 18.2 Å². The Labute approximate surface area is 207 Å². The van der Waals surface area contributed by atoms with Crippen LogP contribution in [0.1, 0.15) is 35.3 Å². The standard InChI is InChI=1S/C24H26BrN3O5S/c1-3-17-14-27(15-19-7-4-5-10-26-19)22-21-8-6-9-24(17,33-22)28(21)34(30,31)20-12-16(23(29)32-2)11-18(25)13-20/h3-5,7,10-13,17,21-22H,1,6,8-9,14-15H2,2H3/t17-,21+,22?,24-/m1/s1. The lowest BCUT2D eigenvalue weighted by Crippen LogP contribution is -2.58. The van der Waals surface area contributed by atoms with Crippen molar-refractivity contribution in [3.8, 4) is 0 Å². The molecule has 10 heteroatoms. The van der Waals surface area contributed by atoms with Crippen LogP contribution in [0.3, 0.4) is 0 Å². The van der Waals surface area contributed by atoms with Crippen LogP contribution in [0, 0.1) is 5.92 Å². The van der Waals surface area contributed by atoms with Crippen LogP contribution in [0.15, 0.2) is 64.6 Å². The molecule has 0 saturated carbocycles. The van der Waals surface area contributed by atoms with Crippen LogP contribution in [0.2, 0.25) is 0 Å². The van der Waals surface area contributed by atoms with E-state index in [0.717, 1.165) is 12.1 Å². The van der Waals surface area contributed by atoms with Crippen LogP contribution in [0.4, 0.5) is 0 Å². The summed E-state index contributed by atoms with van der Waals surface area (Å²) in [5.74, 6) is -0.821. The molecule has 3 aliphatic heterocycles. The second-order valence-electron chi connectivity index (χ2n) is 8.87. The molecular weight excluding hydrogens is 522 g/mol. The molecule has 3 fully saturated rings. The Hall–Kier alpha value is -2.11. The fourth-order valence-electron chi connectivity index (χ4n) is 5.54. The van der Waals surface area contributed by atoms with Crippen molar-refractivity contribution in [2.24, 2.45) is 5.92 Å². The number of fused-ring (bicyclic) bond motifs is 3. The summed E-state index contributed by atoms with van der Waals surface area (Å²) in [4.78, 5) is 18.8. The smallest absolute Gasteiger partial charge is 0.337 e. The van der Waals surface area contributed by atoms with E-state index in [4.69, 9.17) is 9.47 Å². The van der Waals surface area contributed by atoms with Crippen molar-refractivity contribution in [2.75, 3.05) is 13.7 Å². The Bertz CT molecular complexity index is 1220.